The van der Waals surface area contributed by atoms with Crippen LogP contribution in [0.15, 0.2) is 30.3 Å². The van der Waals surface area contributed by atoms with Crippen molar-refractivity contribution >= 4 is 5.91 Å². The molecule has 0 radical (unpaired) electrons. The molecule has 116 valence electrons. The molecule has 1 aromatic rings. The number of nitrogens with one attached hydrogen (secondary N) is 1. The fraction of sp³-hybridized carbons (Fsp3) is 0.588. The quantitative estimate of drug-likeness (QED) is 0.841. The summed E-state index contributed by atoms with van der Waals surface area (Å²) in [6, 6.07) is 9.91. The standard InChI is InChI=1S/C17H27N3O/c1-20-11-9-14(10-12-20)13-19-17(21)8-7-16(18)15-5-3-2-4-6-15/h2-6,14,16H,7-13,18H2,1H3,(H,19,21). The number of piperidine rings is 1. The van der Waals surface area contributed by atoms with Crippen molar-refractivity contribution < 1.29 is 4.79 Å². The molecule has 4 nitrogen and oxygen atoms in total. The van der Waals surface area contributed by atoms with Crippen LogP contribution in [0, 0.1) is 5.92 Å². The van der Waals surface area contributed by atoms with Gasteiger partial charge in [0.25, 0.3) is 0 Å². The highest BCUT2D eigenvalue weighted by molar-refractivity contribution is 5.75. The predicted molar refractivity (Wildman–Crippen MR) is 85.8 cm³/mol. The Bertz CT molecular complexity index is 427. The molecule has 0 spiro atoms. The van der Waals surface area contributed by atoms with Crippen LogP contribution < -0.4 is 11.1 Å². The summed E-state index contributed by atoms with van der Waals surface area (Å²) < 4.78 is 0. The average Bonchev–Trinajstić information content (AvgIpc) is 2.53. The highest BCUT2D eigenvalue weighted by atomic mass is 16.1. The Balaban J connectivity index is 1.63. The number of hydrogen-bond acceptors (Lipinski definition) is 3. The molecular formula is C17H27N3O. The van der Waals surface area contributed by atoms with E-state index in [1.807, 2.05) is 30.3 Å². The highest BCUT2D eigenvalue weighted by Gasteiger charge is 2.17. The smallest absolute Gasteiger partial charge is 0.220 e. The molecule has 2 rings (SSSR count). The van der Waals surface area contributed by atoms with Gasteiger partial charge < -0.3 is 16.0 Å². The largest absolute Gasteiger partial charge is 0.356 e. The van der Waals surface area contributed by atoms with Crippen LogP contribution in [0.4, 0.5) is 0 Å². The summed E-state index contributed by atoms with van der Waals surface area (Å²) in [6.07, 6.45) is 3.56. The molecule has 1 unspecified atom stereocenters. The van der Waals surface area contributed by atoms with E-state index in [9.17, 15) is 4.79 Å². The van der Waals surface area contributed by atoms with Gasteiger partial charge in [-0.2, -0.15) is 0 Å². The molecule has 1 fully saturated rings. The van der Waals surface area contributed by atoms with Gasteiger partial charge in [-0.25, -0.2) is 0 Å². The van der Waals surface area contributed by atoms with E-state index in [1.165, 1.54) is 12.8 Å². The number of nitrogens with two attached hydrogens (primary N) is 1. The van der Waals surface area contributed by atoms with Gasteiger partial charge in [0.05, 0.1) is 0 Å². The summed E-state index contributed by atoms with van der Waals surface area (Å²) in [5, 5.41) is 3.06. The van der Waals surface area contributed by atoms with Gasteiger partial charge in [-0.15, -0.1) is 0 Å². The normalized spacial score (nSPS) is 18.4. The van der Waals surface area contributed by atoms with E-state index >= 15 is 0 Å². The van der Waals surface area contributed by atoms with Gasteiger partial charge in [-0.3, -0.25) is 4.79 Å². The molecular weight excluding hydrogens is 262 g/mol. The maximum atomic E-state index is 11.9. The molecule has 0 aromatic heterocycles. The minimum Gasteiger partial charge on any atom is -0.356 e. The summed E-state index contributed by atoms with van der Waals surface area (Å²) >= 11 is 0. The maximum Gasteiger partial charge on any atom is 0.220 e. The number of carbonyl (C=O) groups excluding carboxylic acids is 1. The van der Waals surface area contributed by atoms with Crippen molar-refractivity contribution in [3.63, 3.8) is 0 Å². The SMILES string of the molecule is CN1CCC(CNC(=O)CCC(N)c2ccccc2)CC1. The maximum absolute atomic E-state index is 11.9. The van der Waals surface area contributed by atoms with Crippen LogP contribution in [-0.4, -0.2) is 37.5 Å². The number of amides is 1. The van der Waals surface area contributed by atoms with Gasteiger partial charge in [-0.1, -0.05) is 30.3 Å². The monoisotopic (exact) mass is 289 g/mol. The average molecular weight is 289 g/mol. The predicted octanol–water partition coefficient (Wildman–Crippen LogP) is 1.92. The highest BCUT2D eigenvalue weighted by Crippen LogP contribution is 2.16. The number of hydrogen-bond donors (Lipinski definition) is 2. The lowest BCUT2D eigenvalue weighted by Gasteiger charge is -2.29. The van der Waals surface area contributed by atoms with Gasteiger partial charge in [0, 0.05) is 19.0 Å². The van der Waals surface area contributed by atoms with Crippen LogP contribution in [0.1, 0.15) is 37.3 Å². The third-order valence-electron chi connectivity index (χ3n) is 4.34. The molecule has 21 heavy (non-hydrogen) atoms. The molecule has 1 aliphatic rings. The first-order valence-corrected chi connectivity index (χ1v) is 7.91. The topological polar surface area (TPSA) is 58.4 Å². The third kappa shape index (κ3) is 5.48. The van der Waals surface area contributed by atoms with E-state index in [0.717, 1.165) is 25.2 Å². The Labute approximate surface area is 127 Å². The minimum atomic E-state index is -0.0553. The zero-order valence-electron chi connectivity index (χ0n) is 12.9. The summed E-state index contributed by atoms with van der Waals surface area (Å²) in [4.78, 5) is 14.3. The van der Waals surface area contributed by atoms with Crippen LogP contribution in [0.2, 0.25) is 0 Å². The Hall–Kier alpha value is -1.39. The zero-order valence-corrected chi connectivity index (χ0v) is 12.9. The van der Waals surface area contributed by atoms with Gasteiger partial charge in [0.15, 0.2) is 0 Å². The van der Waals surface area contributed by atoms with Crippen LogP contribution in [0.25, 0.3) is 0 Å². The zero-order chi connectivity index (χ0) is 15.1. The summed E-state index contributed by atoms with van der Waals surface area (Å²) in [5.41, 5.74) is 7.21. The fourth-order valence-electron chi connectivity index (χ4n) is 2.77. The fourth-order valence-corrected chi connectivity index (χ4v) is 2.77. The second-order valence-electron chi connectivity index (χ2n) is 6.11. The number of nitrogens with zero attached hydrogens (tertiary/aromatic N) is 1. The number of benzene rings is 1. The van der Waals surface area contributed by atoms with Crippen LogP contribution in [0.3, 0.4) is 0 Å². The van der Waals surface area contributed by atoms with Crippen molar-refractivity contribution in [2.75, 3.05) is 26.7 Å². The Morgan fingerprint density at radius 2 is 2.00 bits per heavy atom. The van der Waals surface area contributed by atoms with E-state index in [4.69, 9.17) is 5.73 Å². The summed E-state index contributed by atoms with van der Waals surface area (Å²) in [5.74, 6) is 0.758. The van der Waals surface area contributed by atoms with Gasteiger partial charge in [-0.05, 0) is 50.9 Å². The lowest BCUT2D eigenvalue weighted by atomic mass is 9.97. The van der Waals surface area contributed by atoms with Gasteiger partial charge >= 0.3 is 0 Å². The molecule has 0 bridgehead atoms. The van der Waals surface area contributed by atoms with Crippen LogP contribution in [-0.2, 0) is 4.79 Å². The van der Waals surface area contributed by atoms with E-state index in [1.54, 1.807) is 0 Å². The van der Waals surface area contributed by atoms with E-state index in [-0.39, 0.29) is 11.9 Å². The molecule has 1 aliphatic heterocycles. The number of carbonyl (C=O) groups is 1. The Morgan fingerprint density at radius 1 is 1.33 bits per heavy atom. The van der Waals surface area contributed by atoms with E-state index in [0.29, 0.717) is 18.8 Å². The Morgan fingerprint density at radius 3 is 2.67 bits per heavy atom. The first-order valence-electron chi connectivity index (χ1n) is 7.91. The van der Waals surface area contributed by atoms with E-state index in [2.05, 4.69) is 17.3 Å². The van der Waals surface area contributed by atoms with Crippen LogP contribution >= 0.6 is 0 Å². The van der Waals surface area contributed by atoms with Crippen molar-refractivity contribution in [3.8, 4) is 0 Å². The first-order chi connectivity index (χ1) is 10.1. The van der Waals surface area contributed by atoms with Crippen molar-refractivity contribution in [3.05, 3.63) is 35.9 Å². The molecule has 1 saturated heterocycles. The second-order valence-corrected chi connectivity index (χ2v) is 6.11. The van der Waals surface area contributed by atoms with E-state index < -0.39 is 0 Å². The van der Waals surface area contributed by atoms with Gasteiger partial charge in [0.1, 0.15) is 0 Å². The minimum absolute atomic E-state index is 0.0553. The first kappa shape index (κ1) is 16.0. The summed E-state index contributed by atoms with van der Waals surface area (Å²) in [7, 11) is 2.15. The molecule has 0 saturated carbocycles. The molecule has 4 heteroatoms. The van der Waals surface area contributed by atoms with Crippen LogP contribution in [0.5, 0.6) is 0 Å². The molecule has 1 heterocycles. The molecule has 0 aliphatic carbocycles. The van der Waals surface area contributed by atoms with Crippen molar-refractivity contribution in [1.82, 2.24) is 10.2 Å². The second kappa shape index (κ2) is 8.15. The number of likely N-dealkylation sites (tertiary alicyclic amines) is 1. The Kier molecular flexibility index (Phi) is 6.21. The van der Waals surface area contributed by atoms with Crippen molar-refractivity contribution in [2.45, 2.75) is 31.7 Å². The lowest BCUT2D eigenvalue weighted by molar-refractivity contribution is -0.121. The third-order valence-corrected chi connectivity index (χ3v) is 4.34. The molecule has 1 amide bonds. The lowest BCUT2D eigenvalue weighted by Crippen LogP contribution is -2.37. The summed E-state index contributed by atoms with van der Waals surface area (Å²) in [6.45, 7) is 3.09. The van der Waals surface area contributed by atoms with Crippen molar-refractivity contribution in [1.29, 1.82) is 0 Å². The molecule has 1 atom stereocenters. The van der Waals surface area contributed by atoms with Gasteiger partial charge in [0.2, 0.25) is 5.91 Å². The number of rotatable bonds is 6. The van der Waals surface area contributed by atoms with Crippen molar-refractivity contribution in [2.24, 2.45) is 11.7 Å². The molecule has 3 N–H and O–H groups in total. The molecule has 1 aromatic carbocycles.